The Balaban J connectivity index is 1.39. The lowest BCUT2D eigenvalue weighted by molar-refractivity contribution is 1.31. The van der Waals surface area contributed by atoms with Crippen molar-refractivity contribution in [3.63, 3.8) is 0 Å². The van der Waals surface area contributed by atoms with E-state index in [0.717, 1.165) is 11.4 Å². The molecule has 0 spiro atoms. The van der Waals surface area contributed by atoms with E-state index in [1.165, 1.54) is 60.6 Å². The first-order chi connectivity index (χ1) is 22.3. The molecule has 8 rings (SSSR count). The highest BCUT2D eigenvalue weighted by Crippen LogP contribution is 2.48. The molecule has 0 aliphatic carbocycles. The molecular weight excluding hydrogens is 542 g/mol. The van der Waals surface area contributed by atoms with E-state index in [1.54, 1.807) is 0 Å². The van der Waals surface area contributed by atoms with Gasteiger partial charge in [0.25, 0.3) is 0 Å². The first-order valence-corrected chi connectivity index (χ1v) is 15.5. The van der Waals surface area contributed by atoms with E-state index < -0.39 is 0 Å². The monoisotopic (exact) mass is 573 g/mol. The molecule has 0 fully saturated rings. The lowest BCUT2D eigenvalue weighted by Gasteiger charge is -2.30. The second-order valence-electron chi connectivity index (χ2n) is 11.3. The summed E-state index contributed by atoms with van der Waals surface area (Å²) in [4.78, 5) is 2.43. The molecule has 0 heterocycles. The van der Waals surface area contributed by atoms with Crippen LogP contribution >= 0.6 is 0 Å². The fourth-order valence-electron chi connectivity index (χ4n) is 6.54. The largest absolute Gasteiger partial charge is 0.309 e. The van der Waals surface area contributed by atoms with Crippen molar-refractivity contribution in [3.05, 3.63) is 188 Å². The summed E-state index contributed by atoms with van der Waals surface area (Å²) in [6.45, 7) is 0. The first-order valence-electron chi connectivity index (χ1n) is 15.5. The van der Waals surface area contributed by atoms with Crippen molar-refractivity contribution in [1.29, 1.82) is 0 Å². The van der Waals surface area contributed by atoms with Crippen LogP contribution in [0.5, 0.6) is 0 Å². The van der Waals surface area contributed by atoms with Crippen LogP contribution in [-0.2, 0) is 0 Å². The normalized spacial score (nSPS) is 11.1. The zero-order valence-corrected chi connectivity index (χ0v) is 24.8. The number of benzene rings is 8. The Morgan fingerprint density at radius 2 is 0.556 bits per heavy atom. The lowest BCUT2D eigenvalue weighted by atomic mass is 9.90. The quantitative estimate of drug-likeness (QED) is 0.179. The lowest BCUT2D eigenvalue weighted by Crippen LogP contribution is -2.11. The third-order valence-corrected chi connectivity index (χ3v) is 8.65. The molecule has 212 valence electrons. The second kappa shape index (κ2) is 11.6. The molecule has 0 radical (unpaired) electrons. The van der Waals surface area contributed by atoms with Gasteiger partial charge in [0.1, 0.15) is 0 Å². The molecule has 0 bridgehead atoms. The summed E-state index contributed by atoms with van der Waals surface area (Å²) in [5, 5.41) is 4.91. The maximum absolute atomic E-state index is 2.43. The van der Waals surface area contributed by atoms with Crippen LogP contribution in [0.2, 0.25) is 0 Å². The summed E-state index contributed by atoms with van der Waals surface area (Å²) < 4.78 is 0. The average Bonchev–Trinajstić information content (AvgIpc) is 3.13. The van der Waals surface area contributed by atoms with Gasteiger partial charge in [-0.1, -0.05) is 164 Å². The maximum atomic E-state index is 2.43. The van der Waals surface area contributed by atoms with Crippen LogP contribution in [0, 0.1) is 0 Å². The van der Waals surface area contributed by atoms with Crippen molar-refractivity contribution in [3.8, 4) is 33.4 Å². The standard InChI is InChI=1S/C44H31N/c1-4-14-32(15-5-1)34-24-28-37(29-25-34)45(38-30-26-35(27-31-38)33-16-6-2-7-17-33)44-41-22-12-10-20-39(41)43(36-18-8-3-9-19-36)40-21-11-13-23-42(40)44/h1-31H. The smallest absolute Gasteiger partial charge is 0.0618 e. The van der Waals surface area contributed by atoms with Crippen molar-refractivity contribution in [2.75, 3.05) is 4.90 Å². The molecule has 0 aromatic heterocycles. The van der Waals surface area contributed by atoms with E-state index in [4.69, 9.17) is 0 Å². The molecule has 0 N–H and O–H groups in total. The van der Waals surface area contributed by atoms with E-state index in [2.05, 4.69) is 193 Å². The fourth-order valence-corrected chi connectivity index (χ4v) is 6.54. The molecular formula is C44H31N. The number of hydrogen-bond donors (Lipinski definition) is 0. The highest BCUT2D eigenvalue weighted by Gasteiger charge is 2.22. The van der Waals surface area contributed by atoms with Crippen LogP contribution in [0.1, 0.15) is 0 Å². The van der Waals surface area contributed by atoms with Gasteiger partial charge in [0.15, 0.2) is 0 Å². The summed E-state index contributed by atoms with van der Waals surface area (Å²) in [5.41, 5.74) is 10.7. The molecule has 8 aromatic carbocycles. The molecule has 45 heavy (non-hydrogen) atoms. The number of anilines is 3. The topological polar surface area (TPSA) is 3.24 Å². The first kappa shape index (κ1) is 26.7. The molecule has 1 heteroatoms. The van der Waals surface area contributed by atoms with Crippen LogP contribution in [0.15, 0.2) is 188 Å². The zero-order valence-electron chi connectivity index (χ0n) is 24.8. The van der Waals surface area contributed by atoms with E-state index in [1.807, 2.05) is 0 Å². The van der Waals surface area contributed by atoms with Gasteiger partial charge in [0.2, 0.25) is 0 Å². The van der Waals surface area contributed by atoms with Crippen molar-refractivity contribution >= 4 is 38.6 Å². The van der Waals surface area contributed by atoms with Crippen LogP contribution in [-0.4, -0.2) is 0 Å². The number of nitrogens with zero attached hydrogens (tertiary/aromatic N) is 1. The predicted octanol–water partition coefficient (Wildman–Crippen LogP) is 12.5. The highest BCUT2D eigenvalue weighted by molar-refractivity contribution is 6.22. The van der Waals surface area contributed by atoms with Gasteiger partial charge in [-0.25, -0.2) is 0 Å². The van der Waals surface area contributed by atoms with E-state index in [-0.39, 0.29) is 0 Å². The SMILES string of the molecule is c1ccc(-c2ccc(N(c3ccc(-c4ccccc4)cc3)c3c4ccccc4c(-c4ccccc4)c4ccccc34)cc2)cc1. The minimum Gasteiger partial charge on any atom is -0.309 e. The van der Waals surface area contributed by atoms with Gasteiger partial charge in [-0.05, 0) is 68.4 Å². The Morgan fingerprint density at radius 1 is 0.244 bits per heavy atom. The third kappa shape index (κ3) is 4.95. The Labute approximate surface area is 264 Å². The summed E-state index contributed by atoms with van der Waals surface area (Å²) >= 11 is 0. The summed E-state index contributed by atoms with van der Waals surface area (Å²) in [5.74, 6) is 0. The number of hydrogen-bond acceptors (Lipinski definition) is 1. The Morgan fingerprint density at radius 3 is 0.956 bits per heavy atom. The van der Waals surface area contributed by atoms with Crippen LogP contribution in [0.4, 0.5) is 17.1 Å². The summed E-state index contributed by atoms with van der Waals surface area (Å²) in [7, 11) is 0. The summed E-state index contributed by atoms with van der Waals surface area (Å²) in [6.07, 6.45) is 0. The van der Waals surface area contributed by atoms with Crippen molar-refractivity contribution in [1.82, 2.24) is 0 Å². The Kier molecular flexibility index (Phi) is 6.90. The summed E-state index contributed by atoms with van der Waals surface area (Å²) in [6, 6.07) is 67.6. The molecule has 0 saturated heterocycles. The average molecular weight is 574 g/mol. The van der Waals surface area contributed by atoms with Gasteiger partial charge in [-0.15, -0.1) is 0 Å². The molecule has 8 aromatic rings. The van der Waals surface area contributed by atoms with Crippen LogP contribution in [0.25, 0.3) is 54.9 Å². The molecule has 0 unspecified atom stereocenters. The molecule has 0 amide bonds. The van der Waals surface area contributed by atoms with Crippen LogP contribution < -0.4 is 4.90 Å². The third-order valence-electron chi connectivity index (χ3n) is 8.65. The minimum absolute atomic E-state index is 1.12. The van der Waals surface area contributed by atoms with Gasteiger partial charge >= 0.3 is 0 Å². The predicted molar refractivity (Wildman–Crippen MR) is 192 cm³/mol. The van der Waals surface area contributed by atoms with Crippen molar-refractivity contribution in [2.24, 2.45) is 0 Å². The number of rotatable bonds is 6. The van der Waals surface area contributed by atoms with Gasteiger partial charge < -0.3 is 4.90 Å². The van der Waals surface area contributed by atoms with Crippen molar-refractivity contribution in [2.45, 2.75) is 0 Å². The van der Waals surface area contributed by atoms with E-state index in [0.29, 0.717) is 0 Å². The van der Waals surface area contributed by atoms with Gasteiger partial charge in [-0.3, -0.25) is 0 Å². The maximum Gasteiger partial charge on any atom is 0.0618 e. The molecule has 0 atom stereocenters. The van der Waals surface area contributed by atoms with Gasteiger partial charge in [0.05, 0.1) is 5.69 Å². The van der Waals surface area contributed by atoms with Crippen LogP contribution in [0.3, 0.4) is 0 Å². The van der Waals surface area contributed by atoms with Gasteiger partial charge in [0, 0.05) is 22.1 Å². The Hall–Kier alpha value is -5.92. The fraction of sp³-hybridized carbons (Fsp3) is 0. The van der Waals surface area contributed by atoms with E-state index in [9.17, 15) is 0 Å². The van der Waals surface area contributed by atoms with Gasteiger partial charge in [-0.2, -0.15) is 0 Å². The molecule has 0 aliphatic heterocycles. The Bertz CT molecular complexity index is 2080. The number of fused-ring (bicyclic) bond motifs is 2. The van der Waals surface area contributed by atoms with Crippen molar-refractivity contribution < 1.29 is 0 Å². The molecule has 0 aliphatic rings. The highest BCUT2D eigenvalue weighted by atomic mass is 15.1. The van der Waals surface area contributed by atoms with E-state index >= 15 is 0 Å². The molecule has 0 saturated carbocycles. The second-order valence-corrected chi connectivity index (χ2v) is 11.3. The minimum atomic E-state index is 1.12. The zero-order chi connectivity index (χ0) is 30.0. The molecule has 1 nitrogen and oxygen atoms in total.